The lowest BCUT2D eigenvalue weighted by Gasteiger charge is -2.21. The van der Waals surface area contributed by atoms with Gasteiger partial charge in [0.1, 0.15) is 11.3 Å². The number of carbonyl (C=O) groups is 2. The SMILES string of the molecule is C[C@@H](OC(=O)c1ccccc1O)C(=O)N(C)Cc1ccccc1. The first-order chi connectivity index (χ1) is 11.0. The maximum atomic E-state index is 12.3. The van der Waals surface area contributed by atoms with Crippen molar-refractivity contribution in [3.8, 4) is 5.75 Å². The van der Waals surface area contributed by atoms with E-state index in [9.17, 15) is 14.7 Å². The molecule has 1 N–H and O–H groups in total. The molecule has 2 aromatic carbocycles. The molecule has 0 radical (unpaired) electrons. The number of hydrogen-bond donors (Lipinski definition) is 1. The van der Waals surface area contributed by atoms with E-state index in [0.717, 1.165) is 5.56 Å². The third-order valence-electron chi connectivity index (χ3n) is 3.39. The standard InChI is InChI=1S/C18H19NO4/c1-13(23-18(22)15-10-6-7-11-16(15)20)17(21)19(2)12-14-8-4-3-5-9-14/h3-11,13,20H,12H2,1-2H3/t13-/m1/s1. The molecule has 0 heterocycles. The fraction of sp³-hybridized carbons (Fsp3) is 0.222. The van der Waals surface area contributed by atoms with Crippen LogP contribution in [-0.2, 0) is 16.1 Å². The Hall–Kier alpha value is -2.82. The van der Waals surface area contributed by atoms with Gasteiger partial charge in [-0.1, -0.05) is 42.5 Å². The number of rotatable bonds is 5. The Morgan fingerprint density at radius 2 is 1.70 bits per heavy atom. The summed E-state index contributed by atoms with van der Waals surface area (Å²) in [5, 5.41) is 9.64. The summed E-state index contributed by atoms with van der Waals surface area (Å²) in [7, 11) is 1.65. The number of aromatic hydroxyl groups is 1. The largest absolute Gasteiger partial charge is 0.507 e. The lowest BCUT2D eigenvalue weighted by atomic mass is 10.2. The molecule has 0 saturated carbocycles. The Bertz CT molecular complexity index is 684. The van der Waals surface area contributed by atoms with Crippen molar-refractivity contribution in [2.75, 3.05) is 7.05 Å². The Kier molecular flexibility index (Phi) is 5.36. The molecule has 5 nitrogen and oxygen atoms in total. The maximum Gasteiger partial charge on any atom is 0.342 e. The smallest absolute Gasteiger partial charge is 0.342 e. The predicted molar refractivity (Wildman–Crippen MR) is 85.9 cm³/mol. The number of likely N-dealkylation sites (N-methyl/N-ethyl adjacent to an activating group) is 1. The number of nitrogens with zero attached hydrogens (tertiary/aromatic N) is 1. The molecule has 23 heavy (non-hydrogen) atoms. The van der Waals surface area contributed by atoms with E-state index < -0.39 is 12.1 Å². The Labute approximate surface area is 135 Å². The molecule has 120 valence electrons. The van der Waals surface area contributed by atoms with Crippen molar-refractivity contribution in [3.05, 3.63) is 65.7 Å². The molecular weight excluding hydrogens is 294 g/mol. The van der Waals surface area contributed by atoms with Crippen LogP contribution in [0, 0.1) is 0 Å². The van der Waals surface area contributed by atoms with E-state index in [1.165, 1.54) is 24.0 Å². The summed E-state index contributed by atoms with van der Waals surface area (Å²) in [6.45, 7) is 1.94. The fourth-order valence-electron chi connectivity index (χ4n) is 2.17. The second-order valence-electron chi connectivity index (χ2n) is 5.24. The zero-order valence-corrected chi connectivity index (χ0v) is 13.1. The van der Waals surface area contributed by atoms with Crippen LogP contribution >= 0.6 is 0 Å². The van der Waals surface area contributed by atoms with Crippen LogP contribution in [0.4, 0.5) is 0 Å². The van der Waals surface area contributed by atoms with Gasteiger partial charge in [0.05, 0.1) is 0 Å². The van der Waals surface area contributed by atoms with Gasteiger partial charge in [-0.2, -0.15) is 0 Å². The highest BCUT2D eigenvalue weighted by Gasteiger charge is 2.23. The first-order valence-corrected chi connectivity index (χ1v) is 7.27. The van der Waals surface area contributed by atoms with Crippen LogP contribution in [0.25, 0.3) is 0 Å². The molecule has 2 aromatic rings. The minimum atomic E-state index is -0.934. The van der Waals surface area contributed by atoms with Crippen molar-refractivity contribution in [3.63, 3.8) is 0 Å². The van der Waals surface area contributed by atoms with Crippen molar-refractivity contribution in [1.82, 2.24) is 4.90 Å². The fourth-order valence-corrected chi connectivity index (χ4v) is 2.17. The minimum Gasteiger partial charge on any atom is -0.507 e. The third-order valence-corrected chi connectivity index (χ3v) is 3.39. The van der Waals surface area contributed by atoms with Crippen molar-refractivity contribution in [2.45, 2.75) is 19.6 Å². The molecular formula is C18H19NO4. The number of ether oxygens (including phenoxy) is 1. The molecule has 0 aliphatic rings. The zero-order valence-electron chi connectivity index (χ0n) is 13.1. The predicted octanol–water partition coefficient (Wildman–Crippen LogP) is 2.60. The third kappa shape index (κ3) is 4.32. The van der Waals surface area contributed by atoms with E-state index in [-0.39, 0.29) is 17.2 Å². The summed E-state index contributed by atoms with van der Waals surface area (Å²) in [6.07, 6.45) is -0.934. The molecule has 2 rings (SSSR count). The minimum absolute atomic E-state index is 0.0397. The monoisotopic (exact) mass is 313 g/mol. The van der Waals surface area contributed by atoms with E-state index in [1.54, 1.807) is 19.2 Å². The Balaban J connectivity index is 1.97. The normalized spacial score (nSPS) is 11.6. The molecule has 0 saturated heterocycles. The van der Waals surface area contributed by atoms with Crippen LogP contribution in [0.3, 0.4) is 0 Å². The number of phenols is 1. The van der Waals surface area contributed by atoms with Gasteiger partial charge in [-0.05, 0) is 24.6 Å². The second kappa shape index (κ2) is 7.45. The van der Waals surface area contributed by atoms with E-state index in [1.807, 2.05) is 30.3 Å². The highest BCUT2D eigenvalue weighted by molar-refractivity contribution is 5.94. The van der Waals surface area contributed by atoms with Crippen molar-refractivity contribution in [2.24, 2.45) is 0 Å². The summed E-state index contributed by atoms with van der Waals surface area (Å²) in [4.78, 5) is 25.8. The number of hydrogen-bond acceptors (Lipinski definition) is 4. The van der Waals surface area contributed by atoms with Crippen LogP contribution < -0.4 is 0 Å². The topological polar surface area (TPSA) is 66.8 Å². The highest BCUT2D eigenvalue weighted by atomic mass is 16.5. The number of carbonyl (C=O) groups excluding carboxylic acids is 2. The van der Waals surface area contributed by atoms with Crippen LogP contribution in [-0.4, -0.2) is 35.0 Å². The van der Waals surface area contributed by atoms with Gasteiger partial charge in [-0.3, -0.25) is 4.79 Å². The molecule has 0 spiro atoms. The van der Waals surface area contributed by atoms with Gasteiger partial charge < -0.3 is 14.7 Å². The van der Waals surface area contributed by atoms with Gasteiger partial charge in [0, 0.05) is 13.6 Å². The number of para-hydroxylation sites is 1. The van der Waals surface area contributed by atoms with Crippen molar-refractivity contribution in [1.29, 1.82) is 0 Å². The summed E-state index contributed by atoms with van der Waals surface area (Å²) in [5.74, 6) is -1.20. The Morgan fingerprint density at radius 1 is 1.09 bits per heavy atom. The lowest BCUT2D eigenvalue weighted by Crippen LogP contribution is -2.37. The molecule has 1 amide bonds. The van der Waals surface area contributed by atoms with Crippen LogP contribution in [0.1, 0.15) is 22.8 Å². The van der Waals surface area contributed by atoms with E-state index in [2.05, 4.69) is 0 Å². The summed E-state index contributed by atoms with van der Waals surface area (Å²) in [5.41, 5.74) is 1.03. The van der Waals surface area contributed by atoms with Gasteiger partial charge in [-0.15, -0.1) is 0 Å². The number of phenolic OH excluding ortho intramolecular Hbond substituents is 1. The summed E-state index contributed by atoms with van der Waals surface area (Å²) >= 11 is 0. The van der Waals surface area contributed by atoms with E-state index in [4.69, 9.17) is 4.74 Å². The average Bonchev–Trinajstić information content (AvgIpc) is 2.55. The molecule has 0 bridgehead atoms. The van der Waals surface area contributed by atoms with E-state index >= 15 is 0 Å². The van der Waals surface area contributed by atoms with Crippen LogP contribution in [0.5, 0.6) is 5.75 Å². The van der Waals surface area contributed by atoms with Crippen molar-refractivity contribution < 1.29 is 19.4 Å². The summed E-state index contributed by atoms with van der Waals surface area (Å²) in [6, 6.07) is 15.6. The van der Waals surface area contributed by atoms with Gasteiger partial charge in [0.25, 0.3) is 5.91 Å². The quantitative estimate of drug-likeness (QED) is 0.862. The van der Waals surface area contributed by atoms with Gasteiger partial charge in [0.15, 0.2) is 6.10 Å². The highest BCUT2D eigenvalue weighted by Crippen LogP contribution is 2.17. The maximum absolute atomic E-state index is 12.3. The average molecular weight is 313 g/mol. The Morgan fingerprint density at radius 3 is 2.35 bits per heavy atom. The van der Waals surface area contributed by atoms with Gasteiger partial charge >= 0.3 is 5.97 Å². The molecule has 0 aliphatic heterocycles. The zero-order chi connectivity index (χ0) is 16.8. The molecule has 5 heteroatoms. The first kappa shape index (κ1) is 16.5. The lowest BCUT2D eigenvalue weighted by molar-refractivity contribution is -0.139. The molecule has 0 unspecified atom stereocenters. The summed E-state index contributed by atoms with van der Waals surface area (Å²) < 4.78 is 5.15. The number of esters is 1. The molecule has 0 aliphatic carbocycles. The van der Waals surface area contributed by atoms with E-state index in [0.29, 0.717) is 6.54 Å². The molecule has 1 atom stereocenters. The van der Waals surface area contributed by atoms with Gasteiger partial charge in [-0.25, -0.2) is 4.79 Å². The molecule has 0 aromatic heterocycles. The van der Waals surface area contributed by atoms with Crippen LogP contribution in [0.15, 0.2) is 54.6 Å². The van der Waals surface area contributed by atoms with Crippen molar-refractivity contribution >= 4 is 11.9 Å². The second-order valence-corrected chi connectivity index (χ2v) is 5.24. The number of benzene rings is 2. The first-order valence-electron chi connectivity index (χ1n) is 7.27. The number of amides is 1. The molecule has 0 fully saturated rings. The van der Waals surface area contributed by atoms with Gasteiger partial charge in [0.2, 0.25) is 0 Å². The van der Waals surface area contributed by atoms with Crippen LogP contribution in [0.2, 0.25) is 0 Å².